The van der Waals surface area contributed by atoms with Crippen LogP contribution >= 0.6 is 0 Å². The molecule has 0 unspecified atom stereocenters. The minimum atomic E-state index is 0.678. The maximum Gasteiger partial charge on any atom is 0.219 e. The first-order valence-corrected chi connectivity index (χ1v) is 12.8. The highest BCUT2D eigenvalue weighted by Gasteiger charge is 2.13. The number of amides is 1. The molecule has 0 N–H and O–H groups in total. The number of carbonyl (C=O) groups excluding carboxylic acids is 1. The van der Waals surface area contributed by atoms with Gasteiger partial charge in [-0.15, -0.1) is 0 Å². The molecule has 0 radical (unpaired) electrons. The van der Waals surface area contributed by atoms with Crippen LogP contribution in [0.5, 0.6) is 0 Å². The van der Waals surface area contributed by atoms with Gasteiger partial charge < -0.3 is 0 Å². The van der Waals surface area contributed by atoms with Crippen LogP contribution in [-0.4, -0.2) is 17.1 Å². The van der Waals surface area contributed by atoms with Gasteiger partial charge in [-0.1, -0.05) is 80.5 Å². The Labute approximate surface area is 217 Å². The number of aliphatic imine (C=N–C) groups is 1. The summed E-state index contributed by atoms with van der Waals surface area (Å²) in [4.78, 5) is 18.6. The van der Waals surface area contributed by atoms with Gasteiger partial charge in [0.25, 0.3) is 0 Å². The monoisotopic (exact) mass is 481 g/mol. The molecule has 0 saturated heterocycles. The number of hydrogen-bond donors (Lipinski definition) is 0. The van der Waals surface area contributed by atoms with Crippen molar-refractivity contribution < 1.29 is 4.79 Å². The van der Waals surface area contributed by atoms with Crippen molar-refractivity contribution >= 4 is 17.8 Å². The van der Waals surface area contributed by atoms with Crippen LogP contribution in [-0.2, 0) is 11.2 Å². The van der Waals surface area contributed by atoms with E-state index in [0.717, 1.165) is 67.5 Å². The van der Waals surface area contributed by atoms with Crippen LogP contribution in [0.2, 0.25) is 0 Å². The van der Waals surface area contributed by atoms with Gasteiger partial charge in [0.15, 0.2) is 0 Å². The van der Waals surface area contributed by atoms with E-state index in [0.29, 0.717) is 11.4 Å². The van der Waals surface area contributed by atoms with E-state index in [2.05, 4.69) is 50.3 Å². The fraction of sp³-hybridized carbons (Fsp3) is 0.344. The summed E-state index contributed by atoms with van der Waals surface area (Å²) in [7, 11) is 0. The third-order valence-corrected chi connectivity index (χ3v) is 6.24. The average molecular weight is 482 g/mol. The van der Waals surface area contributed by atoms with Gasteiger partial charge in [-0.05, 0) is 81.7 Å². The Morgan fingerprint density at radius 1 is 1.11 bits per heavy atom. The number of carbonyl (C=O) groups is 1. The fourth-order valence-electron chi connectivity index (χ4n) is 4.20. The highest BCUT2D eigenvalue weighted by Crippen LogP contribution is 2.25. The number of nitrogens with zero attached hydrogens (tertiary/aromatic N) is 3. The molecule has 188 valence electrons. The lowest BCUT2D eigenvalue weighted by atomic mass is 9.95. The van der Waals surface area contributed by atoms with Gasteiger partial charge in [0, 0.05) is 11.4 Å². The molecule has 0 spiro atoms. The average Bonchev–Trinajstić information content (AvgIpc) is 3.17. The molecule has 0 aliphatic heterocycles. The Morgan fingerprint density at radius 3 is 2.47 bits per heavy atom. The normalized spacial score (nSPS) is 15.1. The van der Waals surface area contributed by atoms with Crippen molar-refractivity contribution in [3.05, 3.63) is 100 Å². The summed E-state index contributed by atoms with van der Waals surface area (Å²) >= 11 is 0. The molecule has 0 heterocycles. The molecule has 1 aromatic carbocycles. The maximum atomic E-state index is 12.0. The Hall–Kier alpha value is -3.71. The van der Waals surface area contributed by atoms with Crippen LogP contribution in [0.15, 0.2) is 94.3 Å². The number of nitriles is 1. The van der Waals surface area contributed by atoms with Crippen LogP contribution in [0.3, 0.4) is 0 Å². The first-order valence-electron chi connectivity index (χ1n) is 12.8. The predicted molar refractivity (Wildman–Crippen MR) is 152 cm³/mol. The van der Waals surface area contributed by atoms with Crippen LogP contribution < -0.4 is 0 Å². The molecule has 0 atom stereocenters. The van der Waals surface area contributed by atoms with E-state index in [-0.39, 0.29) is 0 Å². The Bertz CT molecular complexity index is 1150. The molecular formula is C32H39N3O. The second kappa shape index (κ2) is 15.3. The third kappa shape index (κ3) is 8.20. The summed E-state index contributed by atoms with van der Waals surface area (Å²) in [5, 5.41) is 9.42. The molecule has 1 aliphatic rings. The van der Waals surface area contributed by atoms with Gasteiger partial charge in [0.1, 0.15) is 5.84 Å². The maximum absolute atomic E-state index is 12.0. The van der Waals surface area contributed by atoms with Crippen molar-refractivity contribution in [2.75, 3.05) is 0 Å². The van der Waals surface area contributed by atoms with Crippen molar-refractivity contribution in [2.45, 2.75) is 73.1 Å². The minimum absolute atomic E-state index is 0.678. The molecule has 0 aromatic heterocycles. The molecular weight excluding hydrogens is 442 g/mol. The molecule has 4 nitrogen and oxygen atoms in total. The van der Waals surface area contributed by atoms with Gasteiger partial charge in [-0.3, -0.25) is 9.69 Å². The summed E-state index contributed by atoms with van der Waals surface area (Å²) in [5.41, 5.74) is 6.95. The van der Waals surface area contributed by atoms with Gasteiger partial charge >= 0.3 is 0 Å². The zero-order valence-corrected chi connectivity index (χ0v) is 22.4. The third-order valence-electron chi connectivity index (χ3n) is 6.24. The second-order valence-corrected chi connectivity index (χ2v) is 8.86. The van der Waals surface area contributed by atoms with Gasteiger partial charge in [0.05, 0.1) is 11.6 Å². The van der Waals surface area contributed by atoms with Crippen LogP contribution in [0.1, 0.15) is 77.8 Å². The first-order chi connectivity index (χ1) is 17.5. The molecule has 0 bridgehead atoms. The summed E-state index contributed by atoms with van der Waals surface area (Å²) in [6.07, 6.45) is 20.5. The zero-order valence-electron chi connectivity index (χ0n) is 22.4. The van der Waals surface area contributed by atoms with E-state index in [1.54, 1.807) is 4.90 Å². The zero-order chi connectivity index (χ0) is 26.3. The topological polar surface area (TPSA) is 56.5 Å². The Balaban J connectivity index is 2.34. The number of rotatable bonds is 11. The summed E-state index contributed by atoms with van der Waals surface area (Å²) in [6.45, 7) is 10.1. The standard InChI is InChI=1S/C32H39N3O/c1-6-9-12-17-32(34-26(5)35(24-36)30-15-13-10-11-14-16-30)25(4)22-27-18-20-29(21-19-27)31(8-3)28(7-2)23-33/h7-8,10-11,13,15-16,18-21,24H,6,9,12,14,17,22H2,1-5H3/b28-7-,31-8+,32-25+,34-26?. The van der Waals surface area contributed by atoms with E-state index in [1.807, 2.05) is 57.2 Å². The molecule has 2 rings (SSSR count). The lowest BCUT2D eigenvalue weighted by molar-refractivity contribution is -0.113. The largest absolute Gasteiger partial charge is 0.278 e. The highest BCUT2D eigenvalue weighted by molar-refractivity contribution is 5.92. The molecule has 1 aromatic rings. The molecule has 0 saturated carbocycles. The summed E-state index contributed by atoms with van der Waals surface area (Å²) in [5.74, 6) is 0.678. The number of hydrogen-bond acceptors (Lipinski definition) is 3. The van der Waals surface area contributed by atoms with Crippen molar-refractivity contribution in [3.63, 3.8) is 0 Å². The van der Waals surface area contributed by atoms with Gasteiger partial charge in [-0.2, -0.15) is 5.26 Å². The number of allylic oxidation sites excluding steroid dienone is 11. The van der Waals surface area contributed by atoms with Crippen molar-refractivity contribution in [3.8, 4) is 6.07 Å². The highest BCUT2D eigenvalue weighted by atomic mass is 16.1. The smallest absolute Gasteiger partial charge is 0.219 e. The van der Waals surface area contributed by atoms with E-state index in [4.69, 9.17) is 4.99 Å². The van der Waals surface area contributed by atoms with Crippen LogP contribution in [0, 0.1) is 11.3 Å². The summed E-state index contributed by atoms with van der Waals surface area (Å²) < 4.78 is 0. The van der Waals surface area contributed by atoms with Crippen molar-refractivity contribution in [2.24, 2.45) is 4.99 Å². The molecule has 1 aliphatic carbocycles. The van der Waals surface area contributed by atoms with Crippen LogP contribution in [0.4, 0.5) is 0 Å². The molecule has 0 fully saturated rings. The SMILES string of the molecule is C/C=C(\C(C#N)=C/C)c1ccc(C/C(C)=C(\CCCCC)N=C(C)N(C=O)C2=CCC=CC=C2)cc1. The number of benzene rings is 1. The van der Waals surface area contributed by atoms with Crippen molar-refractivity contribution in [1.29, 1.82) is 5.26 Å². The van der Waals surface area contributed by atoms with E-state index < -0.39 is 0 Å². The van der Waals surface area contributed by atoms with Gasteiger partial charge in [-0.25, -0.2) is 4.99 Å². The summed E-state index contributed by atoms with van der Waals surface area (Å²) in [6, 6.07) is 10.7. The molecule has 1 amide bonds. The van der Waals surface area contributed by atoms with E-state index in [9.17, 15) is 10.1 Å². The molecule has 36 heavy (non-hydrogen) atoms. The Morgan fingerprint density at radius 2 is 1.86 bits per heavy atom. The Kier molecular flexibility index (Phi) is 12.1. The molecule has 4 heteroatoms. The van der Waals surface area contributed by atoms with E-state index in [1.165, 1.54) is 11.1 Å². The number of unbranched alkanes of at least 4 members (excludes halogenated alkanes) is 2. The second-order valence-electron chi connectivity index (χ2n) is 8.86. The van der Waals surface area contributed by atoms with Crippen LogP contribution in [0.25, 0.3) is 5.57 Å². The minimum Gasteiger partial charge on any atom is -0.278 e. The number of amidine groups is 1. The lowest BCUT2D eigenvalue weighted by Gasteiger charge is -2.19. The van der Waals surface area contributed by atoms with Gasteiger partial charge in [0.2, 0.25) is 6.41 Å². The predicted octanol–water partition coefficient (Wildman–Crippen LogP) is 8.23. The first kappa shape index (κ1) is 28.5. The van der Waals surface area contributed by atoms with E-state index >= 15 is 0 Å². The lowest BCUT2D eigenvalue weighted by Crippen LogP contribution is -2.26. The van der Waals surface area contributed by atoms with Crippen molar-refractivity contribution in [1.82, 2.24) is 4.90 Å². The fourth-order valence-corrected chi connectivity index (χ4v) is 4.20. The quantitative estimate of drug-likeness (QED) is 0.0798.